The lowest BCUT2D eigenvalue weighted by molar-refractivity contribution is 0.139. The number of benzene rings is 1. The van der Waals surface area contributed by atoms with Crippen molar-refractivity contribution in [2.24, 2.45) is 0 Å². The number of hydrogen-bond acceptors (Lipinski definition) is 4. The zero-order valence-electron chi connectivity index (χ0n) is 12.9. The van der Waals surface area contributed by atoms with Gasteiger partial charge in [0.2, 0.25) is 0 Å². The standard InChI is InChI=1S/C16H19N3O2S/c1-10-9-22-13(18-10)8-17-15(20)19-12-6-4-5-11-7-16(2,3)21-14(11)12/h4-6,9H,7-8H2,1-3H3,(H2,17,19,20). The fourth-order valence-corrected chi connectivity index (χ4v) is 3.23. The van der Waals surface area contributed by atoms with Crippen LogP contribution in [0.25, 0.3) is 0 Å². The van der Waals surface area contributed by atoms with Gasteiger partial charge in [0.05, 0.1) is 12.2 Å². The molecule has 116 valence electrons. The van der Waals surface area contributed by atoms with Gasteiger partial charge in [0.15, 0.2) is 0 Å². The van der Waals surface area contributed by atoms with E-state index in [0.717, 1.165) is 28.4 Å². The Labute approximate surface area is 133 Å². The second kappa shape index (κ2) is 5.61. The average Bonchev–Trinajstić information content (AvgIpc) is 2.99. The Hall–Kier alpha value is -2.08. The minimum Gasteiger partial charge on any atom is -0.485 e. The number of nitrogens with zero attached hydrogens (tertiary/aromatic N) is 1. The highest BCUT2D eigenvalue weighted by Crippen LogP contribution is 2.40. The van der Waals surface area contributed by atoms with Crippen LogP contribution in [0.5, 0.6) is 5.75 Å². The highest BCUT2D eigenvalue weighted by molar-refractivity contribution is 7.09. The summed E-state index contributed by atoms with van der Waals surface area (Å²) in [5.41, 5.74) is 2.57. The second-order valence-corrected chi connectivity index (χ2v) is 6.97. The molecule has 5 nitrogen and oxygen atoms in total. The first-order valence-corrected chi connectivity index (χ1v) is 8.08. The molecule has 0 bridgehead atoms. The Bertz CT molecular complexity index is 709. The van der Waals surface area contributed by atoms with Crippen LogP contribution in [0.4, 0.5) is 10.5 Å². The van der Waals surface area contributed by atoms with E-state index >= 15 is 0 Å². The van der Waals surface area contributed by atoms with Crippen LogP contribution in [0, 0.1) is 6.92 Å². The maximum Gasteiger partial charge on any atom is 0.319 e. The van der Waals surface area contributed by atoms with Crippen molar-refractivity contribution < 1.29 is 9.53 Å². The molecule has 6 heteroatoms. The smallest absolute Gasteiger partial charge is 0.319 e. The Morgan fingerprint density at radius 2 is 2.27 bits per heavy atom. The van der Waals surface area contributed by atoms with Crippen LogP contribution >= 0.6 is 11.3 Å². The fraction of sp³-hybridized carbons (Fsp3) is 0.375. The molecule has 1 aliphatic rings. The minimum atomic E-state index is -0.255. The number of fused-ring (bicyclic) bond motifs is 1. The van der Waals surface area contributed by atoms with Gasteiger partial charge in [-0.2, -0.15) is 0 Å². The normalized spacial score (nSPS) is 15.0. The maximum absolute atomic E-state index is 12.1. The van der Waals surface area contributed by atoms with E-state index in [0.29, 0.717) is 12.2 Å². The number of aryl methyl sites for hydroxylation is 1. The summed E-state index contributed by atoms with van der Waals surface area (Å²) in [7, 11) is 0. The Morgan fingerprint density at radius 1 is 1.45 bits per heavy atom. The van der Waals surface area contributed by atoms with Crippen molar-refractivity contribution in [2.75, 3.05) is 5.32 Å². The molecule has 1 aliphatic heterocycles. The predicted octanol–water partition coefficient (Wildman–Crippen LogP) is 3.49. The topological polar surface area (TPSA) is 63.2 Å². The van der Waals surface area contributed by atoms with Gasteiger partial charge in [0, 0.05) is 23.1 Å². The Morgan fingerprint density at radius 3 is 3.00 bits per heavy atom. The van der Waals surface area contributed by atoms with Gasteiger partial charge in [-0.15, -0.1) is 11.3 Å². The molecule has 2 amide bonds. The van der Waals surface area contributed by atoms with Crippen LogP contribution in [0.15, 0.2) is 23.6 Å². The van der Waals surface area contributed by atoms with Crippen LogP contribution in [0.1, 0.15) is 30.1 Å². The van der Waals surface area contributed by atoms with Gasteiger partial charge in [-0.1, -0.05) is 12.1 Å². The van der Waals surface area contributed by atoms with E-state index in [1.54, 1.807) is 0 Å². The molecule has 0 saturated heterocycles. The summed E-state index contributed by atoms with van der Waals surface area (Å²) >= 11 is 1.54. The molecule has 0 saturated carbocycles. The van der Waals surface area contributed by atoms with Crippen molar-refractivity contribution in [2.45, 2.75) is 39.3 Å². The number of nitrogens with one attached hydrogen (secondary N) is 2. The second-order valence-electron chi connectivity index (χ2n) is 6.02. The van der Waals surface area contributed by atoms with Crippen molar-refractivity contribution in [3.05, 3.63) is 39.8 Å². The number of carbonyl (C=O) groups is 1. The summed E-state index contributed by atoms with van der Waals surface area (Å²) in [4.78, 5) is 16.4. The number of para-hydroxylation sites is 1. The summed E-state index contributed by atoms with van der Waals surface area (Å²) in [6.45, 7) is 6.45. The molecular formula is C16H19N3O2S. The zero-order valence-corrected chi connectivity index (χ0v) is 13.7. The van der Waals surface area contributed by atoms with E-state index in [1.165, 1.54) is 11.3 Å². The van der Waals surface area contributed by atoms with Crippen molar-refractivity contribution in [3.8, 4) is 5.75 Å². The van der Waals surface area contributed by atoms with E-state index in [9.17, 15) is 4.79 Å². The molecule has 22 heavy (non-hydrogen) atoms. The van der Waals surface area contributed by atoms with Gasteiger partial charge in [-0.25, -0.2) is 9.78 Å². The molecule has 0 aliphatic carbocycles. The van der Waals surface area contributed by atoms with Crippen LogP contribution in [-0.4, -0.2) is 16.6 Å². The van der Waals surface area contributed by atoms with Gasteiger partial charge in [0.25, 0.3) is 0 Å². The third-order valence-electron chi connectivity index (χ3n) is 3.41. The van der Waals surface area contributed by atoms with Gasteiger partial charge >= 0.3 is 6.03 Å². The van der Waals surface area contributed by atoms with E-state index in [-0.39, 0.29) is 11.6 Å². The SMILES string of the molecule is Cc1csc(CNC(=O)Nc2cccc3c2OC(C)(C)C3)n1. The van der Waals surface area contributed by atoms with Crippen LogP contribution < -0.4 is 15.4 Å². The molecule has 0 spiro atoms. The highest BCUT2D eigenvalue weighted by atomic mass is 32.1. The monoisotopic (exact) mass is 317 g/mol. The van der Waals surface area contributed by atoms with Crippen LogP contribution in [0.3, 0.4) is 0 Å². The van der Waals surface area contributed by atoms with Crippen molar-refractivity contribution in [1.82, 2.24) is 10.3 Å². The highest BCUT2D eigenvalue weighted by Gasteiger charge is 2.31. The lowest BCUT2D eigenvalue weighted by atomic mass is 10.0. The first kappa shape index (κ1) is 14.8. The summed E-state index contributed by atoms with van der Waals surface area (Å²) in [5, 5.41) is 8.53. The van der Waals surface area contributed by atoms with E-state index in [2.05, 4.69) is 15.6 Å². The molecule has 2 heterocycles. The Kier molecular flexibility index (Phi) is 3.78. The molecule has 0 atom stereocenters. The van der Waals surface area contributed by atoms with E-state index in [1.807, 2.05) is 44.4 Å². The average molecular weight is 317 g/mol. The summed E-state index contributed by atoms with van der Waals surface area (Å²) < 4.78 is 5.94. The maximum atomic E-state index is 12.1. The number of thiazole rings is 1. The molecule has 2 N–H and O–H groups in total. The quantitative estimate of drug-likeness (QED) is 0.911. The molecule has 0 radical (unpaired) electrons. The van der Waals surface area contributed by atoms with Crippen LogP contribution in [0.2, 0.25) is 0 Å². The first-order chi connectivity index (χ1) is 10.4. The number of hydrogen-bond donors (Lipinski definition) is 2. The van der Waals surface area contributed by atoms with Crippen LogP contribution in [-0.2, 0) is 13.0 Å². The Balaban J connectivity index is 1.64. The number of amides is 2. The summed E-state index contributed by atoms with van der Waals surface area (Å²) in [6, 6.07) is 5.57. The summed E-state index contributed by atoms with van der Waals surface area (Å²) in [5.74, 6) is 0.771. The predicted molar refractivity (Wildman–Crippen MR) is 87.6 cm³/mol. The molecule has 3 rings (SSSR count). The van der Waals surface area contributed by atoms with Gasteiger partial charge in [-0.05, 0) is 26.8 Å². The number of aromatic nitrogens is 1. The molecule has 2 aromatic rings. The van der Waals surface area contributed by atoms with Gasteiger partial charge in [-0.3, -0.25) is 0 Å². The molecule has 0 fully saturated rings. The minimum absolute atomic E-state index is 0.227. The van der Waals surface area contributed by atoms with Crippen molar-refractivity contribution >= 4 is 23.1 Å². The molecule has 0 unspecified atom stereocenters. The summed E-state index contributed by atoms with van der Waals surface area (Å²) in [6.07, 6.45) is 0.845. The van der Waals surface area contributed by atoms with E-state index in [4.69, 9.17) is 4.74 Å². The van der Waals surface area contributed by atoms with Gasteiger partial charge in [0.1, 0.15) is 16.4 Å². The third kappa shape index (κ3) is 3.22. The number of anilines is 1. The fourth-order valence-electron chi connectivity index (χ4n) is 2.52. The lowest BCUT2D eigenvalue weighted by Gasteiger charge is -2.18. The molecule has 1 aromatic carbocycles. The van der Waals surface area contributed by atoms with Crippen molar-refractivity contribution in [1.29, 1.82) is 0 Å². The third-order valence-corrected chi connectivity index (χ3v) is 4.37. The molecular weight excluding hydrogens is 298 g/mol. The van der Waals surface area contributed by atoms with Crippen molar-refractivity contribution in [3.63, 3.8) is 0 Å². The number of rotatable bonds is 3. The number of carbonyl (C=O) groups excluding carboxylic acids is 1. The van der Waals surface area contributed by atoms with E-state index < -0.39 is 0 Å². The molecule has 1 aromatic heterocycles. The largest absolute Gasteiger partial charge is 0.485 e. The number of ether oxygens (including phenoxy) is 1. The van der Waals surface area contributed by atoms with Gasteiger partial charge < -0.3 is 15.4 Å². The first-order valence-electron chi connectivity index (χ1n) is 7.20. The lowest BCUT2D eigenvalue weighted by Crippen LogP contribution is -2.29. The zero-order chi connectivity index (χ0) is 15.7. The number of urea groups is 1.